The van der Waals surface area contributed by atoms with Crippen LogP contribution in [0.4, 0.5) is 0 Å². The van der Waals surface area contributed by atoms with Crippen molar-refractivity contribution >= 4 is 24.8 Å². The number of hydrogen-bond acceptors (Lipinski definition) is 1. The van der Waals surface area contributed by atoms with Crippen LogP contribution in [-0.2, 0) is 21.0 Å². The van der Waals surface area contributed by atoms with E-state index < -0.39 is 0 Å². The summed E-state index contributed by atoms with van der Waals surface area (Å²) in [5.74, 6) is 0. The molecule has 0 bridgehead atoms. The van der Waals surface area contributed by atoms with Gasteiger partial charge in [0, 0.05) is 0 Å². The normalized spacial score (nSPS) is 0.500. The summed E-state index contributed by atoms with van der Waals surface area (Å²) >= 11 is 1.06. The molecule has 0 aliphatic heterocycles. The van der Waals surface area contributed by atoms with E-state index in [1.165, 1.54) is 0 Å². The average molecular weight is 176 g/mol. The molecule has 3 nitrogen and oxygen atoms in total. The average Bonchev–Trinajstić information content (AvgIpc) is 1.00. The molecule has 0 aromatic rings. The fraction of sp³-hybridized carbons (Fsp3) is 0. The molecule has 6 heteroatoms. The molecule has 0 heterocycles. The van der Waals surface area contributed by atoms with Crippen molar-refractivity contribution in [2.45, 2.75) is 0 Å². The molecule has 0 saturated heterocycles. The van der Waals surface area contributed by atoms with E-state index in [9.17, 15) is 0 Å². The predicted molar refractivity (Wildman–Crippen MR) is 22.4 cm³/mol. The summed E-state index contributed by atoms with van der Waals surface area (Å²) < 4.78 is 8.19. The first kappa shape index (κ1) is 67.1. The molecule has 0 aromatic carbocycles. The van der Waals surface area contributed by atoms with Crippen molar-refractivity contribution in [3.8, 4) is 0 Å². The van der Waals surface area contributed by atoms with E-state index in [4.69, 9.17) is 3.67 Å². The van der Waals surface area contributed by atoms with Gasteiger partial charge in [0.15, 0.2) is 0 Å². The van der Waals surface area contributed by atoms with Gasteiger partial charge in [0.2, 0.25) is 0 Å². The summed E-state index contributed by atoms with van der Waals surface area (Å²) in [6, 6.07) is 0. The SMILES string of the molecule is Cl.Cl.O.O.[O]=[V]. The zero-order valence-corrected chi connectivity index (χ0v) is 5.70. The summed E-state index contributed by atoms with van der Waals surface area (Å²) in [6.07, 6.45) is 0. The first-order valence-electron chi connectivity index (χ1n) is 0.183. The van der Waals surface area contributed by atoms with Crippen LogP contribution in [0.15, 0.2) is 0 Å². The van der Waals surface area contributed by atoms with Crippen molar-refractivity contribution in [3.63, 3.8) is 0 Å². The van der Waals surface area contributed by atoms with Crippen molar-refractivity contribution in [1.82, 2.24) is 0 Å². The van der Waals surface area contributed by atoms with E-state index in [0.717, 1.165) is 17.4 Å². The topological polar surface area (TPSA) is 80.1 Å². The molecule has 0 amide bonds. The van der Waals surface area contributed by atoms with Crippen LogP contribution in [0.5, 0.6) is 0 Å². The first-order valence-corrected chi connectivity index (χ1v) is 0.753. The Hall–Kier alpha value is 0.884. The molecule has 0 aliphatic carbocycles. The third kappa shape index (κ3) is 94.2. The zero-order chi connectivity index (χ0) is 2.00. The summed E-state index contributed by atoms with van der Waals surface area (Å²) in [5, 5.41) is 0. The molecule has 6 heavy (non-hydrogen) atoms. The second-order valence-electron chi connectivity index (χ2n) is 0. The van der Waals surface area contributed by atoms with Crippen LogP contribution in [0.25, 0.3) is 0 Å². The minimum atomic E-state index is 0. The molecule has 0 atom stereocenters. The van der Waals surface area contributed by atoms with Crippen molar-refractivity contribution in [2.75, 3.05) is 0 Å². The number of rotatable bonds is 0. The van der Waals surface area contributed by atoms with Gasteiger partial charge in [-0.05, 0) is 0 Å². The van der Waals surface area contributed by atoms with Crippen LogP contribution >= 0.6 is 24.8 Å². The van der Waals surface area contributed by atoms with Gasteiger partial charge >= 0.3 is 21.0 Å². The molecule has 0 aromatic heterocycles. The van der Waals surface area contributed by atoms with Gasteiger partial charge in [0.1, 0.15) is 0 Å². The predicted octanol–water partition coefficient (Wildman–Crippen LogP) is -0.927. The molecule has 4 N–H and O–H groups in total. The number of halogens is 2. The van der Waals surface area contributed by atoms with Crippen molar-refractivity contribution in [2.24, 2.45) is 0 Å². The third-order valence-electron chi connectivity index (χ3n) is 0. The number of hydrogen-bond donors (Lipinski definition) is 0. The Morgan fingerprint density at radius 3 is 0.833 bits per heavy atom. The molecule has 0 spiro atoms. The summed E-state index contributed by atoms with van der Waals surface area (Å²) in [6.45, 7) is 0. The van der Waals surface area contributed by atoms with Gasteiger partial charge < -0.3 is 11.0 Å². The molecule has 0 radical (unpaired) electrons. The Balaban J connectivity index is -0.000000000833. The van der Waals surface area contributed by atoms with Gasteiger partial charge in [-0.25, -0.2) is 0 Å². The third-order valence-corrected chi connectivity index (χ3v) is 0. The van der Waals surface area contributed by atoms with Crippen molar-refractivity contribution in [3.05, 3.63) is 0 Å². The van der Waals surface area contributed by atoms with Gasteiger partial charge in [-0.3, -0.25) is 0 Å². The van der Waals surface area contributed by atoms with E-state index in [-0.39, 0.29) is 35.8 Å². The fourth-order valence-corrected chi connectivity index (χ4v) is 0. The van der Waals surface area contributed by atoms with Gasteiger partial charge in [-0.1, -0.05) is 0 Å². The van der Waals surface area contributed by atoms with Crippen LogP contribution in [0.2, 0.25) is 0 Å². The maximum atomic E-state index is 8.19. The molecular formula is H6Cl2O3V. The molecule has 43 valence electrons. The second-order valence-corrected chi connectivity index (χ2v) is 0. The standard InChI is InChI=1S/2ClH.2H2O.O.V/h2*1H;2*1H2;;. The van der Waals surface area contributed by atoms with Crippen LogP contribution in [-0.4, -0.2) is 11.0 Å². The van der Waals surface area contributed by atoms with Gasteiger partial charge in [-0.2, -0.15) is 0 Å². The second kappa shape index (κ2) is 179. The summed E-state index contributed by atoms with van der Waals surface area (Å²) in [4.78, 5) is 0. The molecular weight excluding hydrogens is 170 g/mol. The van der Waals surface area contributed by atoms with Crippen LogP contribution in [0.3, 0.4) is 0 Å². The molecule has 0 fully saturated rings. The Bertz CT molecular complexity index is 8.75. The van der Waals surface area contributed by atoms with Gasteiger partial charge in [0.05, 0.1) is 0 Å². The Morgan fingerprint density at radius 2 is 0.833 bits per heavy atom. The van der Waals surface area contributed by atoms with E-state index >= 15 is 0 Å². The monoisotopic (exact) mass is 175 g/mol. The summed E-state index contributed by atoms with van der Waals surface area (Å²) in [5.41, 5.74) is 0. The van der Waals surface area contributed by atoms with E-state index in [2.05, 4.69) is 0 Å². The quantitative estimate of drug-likeness (QED) is 0.469. The minimum absolute atomic E-state index is 0. The molecule has 0 aliphatic rings. The van der Waals surface area contributed by atoms with Crippen LogP contribution in [0, 0.1) is 0 Å². The maximum absolute atomic E-state index is 8.19. The van der Waals surface area contributed by atoms with Crippen LogP contribution in [0.1, 0.15) is 0 Å². The van der Waals surface area contributed by atoms with E-state index in [0.29, 0.717) is 0 Å². The van der Waals surface area contributed by atoms with Gasteiger partial charge in [0.25, 0.3) is 0 Å². The zero-order valence-electron chi connectivity index (χ0n) is 2.67. The first-order chi connectivity index (χ1) is 1.00. The summed E-state index contributed by atoms with van der Waals surface area (Å²) in [7, 11) is 0. The van der Waals surface area contributed by atoms with E-state index in [1.807, 2.05) is 0 Å². The Morgan fingerprint density at radius 1 is 0.833 bits per heavy atom. The Kier molecular flexibility index (Phi) is 2010. The van der Waals surface area contributed by atoms with Crippen molar-refractivity contribution in [1.29, 1.82) is 0 Å². The fourth-order valence-electron chi connectivity index (χ4n) is 0. The van der Waals surface area contributed by atoms with Crippen LogP contribution < -0.4 is 0 Å². The van der Waals surface area contributed by atoms with E-state index in [1.54, 1.807) is 0 Å². The Labute approximate surface area is 57.1 Å². The van der Waals surface area contributed by atoms with Crippen molar-refractivity contribution < 1.29 is 32.0 Å². The molecule has 0 saturated carbocycles. The molecule has 0 rings (SSSR count). The van der Waals surface area contributed by atoms with Gasteiger partial charge in [-0.15, -0.1) is 24.8 Å². The molecule has 0 unspecified atom stereocenters.